The first kappa shape index (κ1) is 7.98. The summed E-state index contributed by atoms with van der Waals surface area (Å²) in [6.45, 7) is 2.15. The van der Waals surface area contributed by atoms with Crippen LogP contribution >= 0.6 is 11.5 Å². The zero-order chi connectivity index (χ0) is 8.39. The quantitative estimate of drug-likeness (QED) is 0.776. The van der Waals surface area contributed by atoms with Crippen LogP contribution in [0.3, 0.4) is 0 Å². The van der Waals surface area contributed by atoms with Crippen LogP contribution in [0.25, 0.3) is 0 Å². The number of nitrogens with zero attached hydrogens (tertiary/aromatic N) is 2. The zero-order valence-corrected chi connectivity index (χ0v) is 8.02. The molecule has 1 aliphatic rings. The van der Waals surface area contributed by atoms with Gasteiger partial charge in [-0.15, -0.1) is 0 Å². The highest BCUT2D eigenvalue weighted by molar-refractivity contribution is 7.09. The molecule has 1 heterocycles. The Labute approximate surface area is 76.4 Å². The average molecular weight is 183 g/mol. The van der Waals surface area contributed by atoms with E-state index in [1.807, 2.05) is 0 Å². The number of hydrogen-bond donors (Lipinski definition) is 1. The summed E-state index contributed by atoms with van der Waals surface area (Å²) in [6.07, 6.45) is 4.72. The maximum absolute atomic E-state index is 4.38. The van der Waals surface area contributed by atoms with Crippen LogP contribution in [0.15, 0.2) is 0 Å². The first-order chi connectivity index (χ1) is 5.88. The van der Waals surface area contributed by atoms with Gasteiger partial charge >= 0.3 is 0 Å². The van der Waals surface area contributed by atoms with E-state index in [2.05, 4.69) is 21.6 Å². The fraction of sp³-hybridized carbons (Fsp3) is 0.750. The molecule has 1 fully saturated rings. The molecule has 1 aliphatic carbocycles. The lowest BCUT2D eigenvalue weighted by Crippen LogP contribution is -2.00. The Morgan fingerprint density at radius 3 is 3.08 bits per heavy atom. The molecular formula is C8H13N3S. The Bertz CT molecular complexity index is 255. The van der Waals surface area contributed by atoms with Crippen molar-refractivity contribution in [1.29, 1.82) is 0 Å². The third-order valence-electron chi connectivity index (χ3n) is 1.85. The number of hydrogen-bond acceptors (Lipinski definition) is 4. The monoisotopic (exact) mass is 183 g/mol. The van der Waals surface area contributed by atoms with E-state index in [9.17, 15) is 0 Å². The Morgan fingerprint density at radius 2 is 2.42 bits per heavy atom. The molecule has 66 valence electrons. The van der Waals surface area contributed by atoms with Crippen molar-refractivity contribution in [2.45, 2.75) is 38.6 Å². The highest BCUT2D eigenvalue weighted by atomic mass is 32.1. The van der Waals surface area contributed by atoms with E-state index in [1.165, 1.54) is 24.4 Å². The summed E-state index contributed by atoms with van der Waals surface area (Å²) in [7, 11) is 0. The van der Waals surface area contributed by atoms with Crippen LogP contribution in [0.4, 0.5) is 5.13 Å². The summed E-state index contributed by atoms with van der Waals surface area (Å²) < 4.78 is 4.25. The predicted octanol–water partition coefficient (Wildman–Crippen LogP) is 2.06. The molecule has 1 aromatic heterocycles. The van der Waals surface area contributed by atoms with Gasteiger partial charge in [-0.2, -0.15) is 4.37 Å². The molecule has 0 radical (unpaired) electrons. The van der Waals surface area contributed by atoms with Crippen molar-refractivity contribution >= 4 is 16.7 Å². The van der Waals surface area contributed by atoms with E-state index >= 15 is 0 Å². The standard InChI is InChI=1S/C8H13N3S/c1-2-3-7-10-8(12-11-7)9-6-4-5-6/h6H,2-5H2,1H3,(H,9,10,11). The number of rotatable bonds is 4. The molecule has 1 aromatic rings. The van der Waals surface area contributed by atoms with Crippen LogP contribution in [0.2, 0.25) is 0 Å². The smallest absolute Gasteiger partial charge is 0.202 e. The molecule has 3 nitrogen and oxygen atoms in total. The van der Waals surface area contributed by atoms with E-state index in [0.717, 1.165) is 23.8 Å². The van der Waals surface area contributed by atoms with Crippen LogP contribution in [-0.2, 0) is 6.42 Å². The van der Waals surface area contributed by atoms with Crippen LogP contribution < -0.4 is 5.32 Å². The summed E-state index contributed by atoms with van der Waals surface area (Å²) in [4.78, 5) is 4.38. The van der Waals surface area contributed by atoms with E-state index in [-0.39, 0.29) is 0 Å². The number of nitrogens with one attached hydrogen (secondary N) is 1. The van der Waals surface area contributed by atoms with E-state index in [1.54, 1.807) is 0 Å². The Kier molecular flexibility index (Phi) is 2.26. The number of anilines is 1. The fourth-order valence-electron chi connectivity index (χ4n) is 1.04. The van der Waals surface area contributed by atoms with Crippen molar-refractivity contribution in [3.05, 3.63) is 5.82 Å². The molecule has 1 saturated carbocycles. The van der Waals surface area contributed by atoms with Gasteiger partial charge < -0.3 is 5.32 Å². The molecule has 4 heteroatoms. The highest BCUT2D eigenvalue weighted by Gasteiger charge is 2.22. The topological polar surface area (TPSA) is 37.8 Å². The Morgan fingerprint density at radius 1 is 1.58 bits per heavy atom. The van der Waals surface area contributed by atoms with Gasteiger partial charge in [0, 0.05) is 24.0 Å². The predicted molar refractivity (Wildman–Crippen MR) is 50.5 cm³/mol. The minimum Gasteiger partial charge on any atom is -0.358 e. The minimum atomic E-state index is 0.687. The van der Waals surface area contributed by atoms with Gasteiger partial charge in [0.2, 0.25) is 5.13 Å². The molecule has 12 heavy (non-hydrogen) atoms. The maximum atomic E-state index is 4.38. The molecule has 0 atom stereocenters. The van der Waals surface area contributed by atoms with Gasteiger partial charge in [-0.3, -0.25) is 0 Å². The van der Waals surface area contributed by atoms with Gasteiger partial charge in [-0.25, -0.2) is 4.98 Å². The first-order valence-corrected chi connectivity index (χ1v) is 5.25. The molecular weight excluding hydrogens is 170 g/mol. The number of aryl methyl sites for hydroxylation is 1. The van der Waals surface area contributed by atoms with E-state index < -0.39 is 0 Å². The highest BCUT2D eigenvalue weighted by Crippen LogP contribution is 2.25. The fourth-order valence-corrected chi connectivity index (χ4v) is 1.73. The largest absolute Gasteiger partial charge is 0.358 e. The molecule has 0 saturated heterocycles. The average Bonchev–Trinajstić information content (AvgIpc) is 2.74. The van der Waals surface area contributed by atoms with Crippen molar-refractivity contribution < 1.29 is 0 Å². The summed E-state index contributed by atoms with van der Waals surface area (Å²) >= 11 is 1.49. The normalized spacial score (nSPS) is 16.4. The van der Waals surface area contributed by atoms with Gasteiger partial charge in [0.05, 0.1) is 0 Å². The molecule has 0 amide bonds. The lowest BCUT2D eigenvalue weighted by molar-refractivity contribution is 0.861. The lowest BCUT2D eigenvalue weighted by atomic mass is 10.3. The minimum absolute atomic E-state index is 0.687. The van der Waals surface area contributed by atoms with Crippen molar-refractivity contribution in [1.82, 2.24) is 9.36 Å². The van der Waals surface area contributed by atoms with Crippen LogP contribution in [0.5, 0.6) is 0 Å². The van der Waals surface area contributed by atoms with Gasteiger partial charge in [-0.1, -0.05) is 6.92 Å². The van der Waals surface area contributed by atoms with Crippen LogP contribution in [0.1, 0.15) is 32.0 Å². The molecule has 0 unspecified atom stereocenters. The third-order valence-corrected chi connectivity index (χ3v) is 2.53. The zero-order valence-electron chi connectivity index (χ0n) is 7.21. The van der Waals surface area contributed by atoms with Crippen molar-refractivity contribution in [2.75, 3.05) is 5.32 Å². The van der Waals surface area contributed by atoms with Crippen LogP contribution in [-0.4, -0.2) is 15.4 Å². The van der Waals surface area contributed by atoms with E-state index in [0.29, 0.717) is 6.04 Å². The van der Waals surface area contributed by atoms with Crippen LogP contribution in [0, 0.1) is 0 Å². The second-order valence-corrected chi connectivity index (χ2v) is 3.94. The molecule has 2 rings (SSSR count). The van der Waals surface area contributed by atoms with Gasteiger partial charge in [0.25, 0.3) is 0 Å². The first-order valence-electron chi connectivity index (χ1n) is 4.47. The van der Waals surface area contributed by atoms with E-state index in [4.69, 9.17) is 0 Å². The molecule has 0 aromatic carbocycles. The SMILES string of the molecule is CCCc1nsc(NC2CC2)n1. The molecule has 1 N–H and O–H groups in total. The number of aromatic nitrogens is 2. The Balaban J connectivity index is 1.92. The summed E-state index contributed by atoms with van der Waals surface area (Å²) in [5.41, 5.74) is 0. The second kappa shape index (κ2) is 3.39. The summed E-state index contributed by atoms with van der Waals surface area (Å²) in [5.74, 6) is 0.991. The molecule has 0 spiro atoms. The van der Waals surface area contributed by atoms with Gasteiger partial charge in [0.15, 0.2) is 0 Å². The van der Waals surface area contributed by atoms with Crippen molar-refractivity contribution in [3.63, 3.8) is 0 Å². The van der Waals surface area contributed by atoms with Gasteiger partial charge in [0.1, 0.15) is 5.82 Å². The Hall–Kier alpha value is -0.640. The van der Waals surface area contributed by atoms with Crippen molar-refractivity contribution in [3.8, 4) is 0 Å². The third kappa shape index (κ3) is 1.94. The molecule has 0 aliphatic heterocycles. The molecule has 0 bridgehead atoms. The summed E-state index contributed by atoms with van der Waals surface area (Å²) in [5, 5.41) is 4.34. The second-order valence-electron chi connectivity index (χ2n) is 3.18. The lowest BCUT2D eigenvalue weighted by Gasteiger charge is -1.94. The summed E-state index contributed by atoms with van der Waals surface area (Å²) in [6, 6.07) is 0.687. The van der Waals surface area contributed by atoms with Crippen molar-refractivity contribution in [2.24, 2.45) is 0 Å². The maximum Gasteiger partial charge on any atom is 0.202 e. The van der Waals surface area contributed by atoms with Gasteiger partial charge in [-0.05, 0) is 19.3 Å².